The van der Waals surface area contributed by atoms with E-state index in [1.165, 1.54) is 11.1 Å². The second-order valence-electron chi connectivity index (χ2n) is 7.87. The maximum atomic E-state index is 6.43. The second kappa shape index (κ2) is 8.93. The zero-order chi connectivity index (χ0) is 20.2. The number of quaternary nitrogens is 1. The first-order valence-electron chi connectivity index (χ1n) is 11.0. The lowest BCUT2D eigenvalue weighted by Gasteiger charge is -2.30. The summed E-state index contributed by atoms with van der Waals surface area (Å²) in [4.78, 5) is 7.52. The van der Waals surface area contributed by atoms with E-state index in [0.29, 0.717) is 0 Å². The molecule has 0 aromatic heterocycles. The number of hydrogen-bond acceptors (Lipinski definition) is 3. The molecule has 29 heavy (non-hydrogen) atoms. The molecule has 2 N–H and O–H groups in total. The van der Waals surface area contributed by atoms with Gasteiger partial charge in [-0.3, -0.25) is 4.90 Å². The molecule has 0 bridgehead atoms. The van der Waals surface area contributed by atoms with Gasteiger partial charge in [0.2, 0.25) is 0 Å². The lowest BCUT2D eigenvalue weighted by atomic mass is 10.0. The number of rotatable bonds is 8. The first-order valence-corrected chi connectivity index (χ1v) is 11.0. The summed E-state index contributed by atoms with van der Waals surface area (Å²) in [6.45, 7) is 9.94. The van der Waals surface area contributed by atoms with Crippen molar-refractivity contribution in [1.82, 2.24) is 4.90 Å². The fourth-order valence-corrected chi connectivity index (χ4v) is 4.22. The third-order valence-corrected chi connectivity index (χ3v) is 5.59. The Balaban J connectivity index is 1.73. The van der Waals surface area contributed by atoms with E-state index in [2.05, 4.69) is 79.5 Å². The third-order valence-electron chi connectivity index (χ3n) is 5.59. The van der Waals surface area contributed by atoms with Gasteiger partial charge in [0.15, 0.2) is 11.5 Å². The van der Waals surface area contributed by atoms with E-state index in [1.807, 2.05) is 0 Å². The van der Waals surface area contributed by atoms with Crippen LogP contribution in [0.15, 0.2) is 59.3 Å². The van der Waals surface area contributed by atoms with Gasteiger partial charge in [-0.2, -0.15) is 0 Å². The summed E-state index contributed by atoms with van der Waals surface area (Å²) in [6.07, 6.45) is 10.1. The van der Waals surface area contributed by atoms with Gasteiger partial charge in [-0.25, -0.2) is 4.99 Å². The van der Waals surface area contributed by atoms with Crippen molar-refractivity contribution in [2.75, 3.05) is 19.6 Å². The van der Waals surface area contributed by atoms with Crippen molar-refractivity contribution < 1.29 is 10.1 Å². The van der Waals surface area contributed by atoms with Crippen molar-refractivity contribution in [3.63, 3.8) is 0 Å². The maximum Gasteiger partial charge on any atom is 0.159 e. The maximum absolute atomic E-state index is 6.43. The monoisotopic (exact) mass is 390 g/mol. The quantitative estimate of drug-likeness (QED) is 0.655. The first-order chi connectivity index (χ1) is 14.2. The van der Waals surface area contributed by atoms with E-state index in [4.69, 9.17) is 9.73 Å². The van der Waals surface area contributed by atoms with Crippen LogP contribution in [0.2, 0.25) is 0 Å². The highest BCUT2D eigenvalue weighted by atomic mass is 16.5. The summed E-state index contributed by atoms with van der Waals surface area (Å²) in [7, 11) is 0. The van der Waals surface area contributed by atoms with Gasteiger partial charge < -0.3 is 10.1 Å². The minimum absolute atomic E-state index is 0.275. The molecular formula is C25H32N3O+. The molecule has 4 rings (SSSR count). The molecule has 0 amide bonds. The number of allylic oxidation sites excluding steroid dienone is 1. The first kappa shape index (κ1) is 19.9. The van der Waals surface area contributed by atoms with E-state index in [9.17, 15) is 0 Å². The van der Waals surface area contributed by atoms with Crippen LogP contribution in [0.1, 0.15) is 40.0 Å². The van der Waals surface area contributed by atoms with Gasteiger partial charge in [0.1, 0.15) is 17.1 Å². The molecule has 1 heterocycles. The Morgan fingerprint density at radius 3 is 2.52 bits per heavy atom. The van der Waals surface area contributed by atoms with E-state index in [-0.39, 0.29) is 6.04 Å². The van der Waals surface area contributed by atoms with Crippen LogP contribution in [0.5, 0.6) is 5.75 Å². The van der Waals surface area contributed by atoms with Gasteiger partial charge in [0.05, 0.1) is 12.6 Å². The molecule has 4 heteroatoms. The molecule has 1 atom stereocenters. The van der Waals surface area contributed by atoms with Crippen molar-refractivity contribution in [3.05, 3.63) is 54.3 Å². The van der Waals surface area contributed by atoms with E-state index < -0.39 is 0 Å². The summed E-state index contributed by atoms with van der Waals surface area (Å²) < 4.78 is 6.43. The molecule has 1 unspecified atom stereocenters. The SMILES string of the molecule is CCC[NH2+]c1cc2c(c3ccccc13)N=C1C=CC(N(CCC)CCC)C=C1O2. The number of aliphatic imine (C=N–C) groups is 1. The average Bonchev–Trinajstić information content (AvgIpc) is 2.75. The largest absolute Gasteiger partial charge is 0.453 e. The minimum atomic E-state index is 0.275. The average molecular weight is 391 g/mol. The summed E-state index contributed by atoms with van der Waals surface area (Å²) in [5.41, 5.74) is 3.11. The molecule has 0 saturated heterocycles. The van der Waals surface area contributed by atoms with Crippen molar-refractivity contribution in [1.29, 1.82) is 0 Å². The molecule has 2 aliphatic rings. The van der Waals surface area contributed by atoms with Crippen molar-refractivity contribution in [2.45, 2.75) is 46.1 Å². The molecule has 0 fully saturated rings. The molecule has 0 spiro atoms. The molecule has 0 radical (unpaired) electrons. The highest BCUT2D eigenvalue weighted by molar-refractivity contribution is 6.14. The van der Waals surface area contributed by atoms with Crippen molar-refractivity contribution in [2.24, 2.45) is 4.99 Å². The Labute approximate surface area is 174 Å². The number of ether oxygens (including phenoxy) is 1. The second-order valence-corrected chi connectivity index (χ2v) is 7.87. The Morgan fingerprint density at radius 2 is 1.79 bits per heavy atom. The number of fused-ring (bicyclic) bond motifs is 4. The summed E-state index contributed by atoms with van der Waals surface area (Å²) in [5.74, 6) is 1.76. The Morgan fingerprint density at radius 1 is 1.03 bits per heavy atom. The molecule has 4 nitrogen and oxygen atoms in total. The van der Waals surface area contributed by atoms with Crippen LogP contribution in [-0.4, -0.2) is 36.3 Å². The fraction of sp³-hybridized carbons (Fsp3) is 0.400. The van der Waals surface area contributed by atoms with Gasteiger partial charge in [0, 0.05) is 16.8 Å². The van der Waals surface area contributed by atoms with Crippen LogP contribution in [-0.2, 0) is 0 Å². The third kappa shape index (κ3) is 4.00. The molecule has 152 valence electrons. The highest BCUT2D eigenvalue weighted by Gasteiger charge is 2.26. The predicted molar refractivity (Wildman–Crippen MR) is 122 cm³/mol. The lowest BCUT2D eigenvalue weighted by molar-refractivity contribution is -0.569. The minimum Gasteiger partial charge on any atom is -0.453 e. The number of hydrogen-bond donors (Lipinski definition) is 1. The van der Waals surface area contributed by atoms with E-state index >= 15 is 0 Å². The van der Waals surface area contributed by atoms with Gasteiger partial charge in [0.25, 0.3) is 0 Å². The van der Waals surface area contributed by atoms with Crippen molar-refractivity contribution in [3.8, 4) is 5.75 Å². The highest BCUT2D eigenvalue weighted by Crippen LogP contribution is 2.43. The molecule has 1 aliphatic heterocycles. The van der Waals surface area contributed by atoms with E-state index in [0.717, 1.165) is 67.2 Å². The van der Waals surface area contributed by atoms with Crippen molar-refractivity contribution >= 4 is 27.9 Å². The van der Waals surface area contributed by atoms with Crippen LogP contribution in [0.25, 0.3) is 10.8 Å². The molecule has 0 saturated carbocycles. The molecule has 2 aromatic carbocycles. The van der Waals surface area contributed by atoms with Crippen LogP contribution in [0, 0.1) is 0 Å². The Bertz CT molecular complexity index is 967. The topological polar surface area (TPSA) is 41.4 Å². The Kier molecular flexibility index (Phi) is 6.12. The van der Waals surface area contributed by atoms with Gasteiger partial charge in [-0.1, -0.05) is 45.0 Å². The molecule has 2 aromatic rings. The summed E-state index contributed by atoms with van der Waals surface area (Å²) in [6, 6.07) is 11.0. The number of nitrogens with zero attached hydrogens (tertiary/aromatic N) is 2. The zero-order valence-corrected chi connectivity index (χ0v) is 17.8. The predicted octanol–water partition coefficient (Wildman–Crippen LogP) is 4.85. The normalized spacial score (nSPS) is 17.6. The summed E-state index contributed by atoms with van der Waals surface area (Å²) in [5, 5.41) is 4.72. The van der Waals surface area contributed by atoms with Crippen LogP contribution < -0.4 is 10.1 Å². The zero-order valence-electron chi connectivity index (χ0n) is 17.8. The number of nitrogens with two attached hydrogens (primary N) is 1. The van der Waals surface area contributed by atoms with Crippen LogP contribution >= 0.6 is 0 Å². The Hall–Kier alpha value is -2.43. The van der Waals surface area contributed by atoms with Crippen LogP contribution in [0.4, 0.5) is 11.4 Å². The standard InChI is InChI=1S/C25H31N3O/c1-4-13-26-22-17-24-25(20-10-8-7-9-19(20)22)27-21-12-11-18(16-23(21)29-24)28(14-5-2)15-6-3/h7-12,16-18,26H,4-6,13-15H2,1-3H3/p+1. The molecule has 1 aliphatic carbocycles. The lowest BCUT2D eigenvalue weighted by Crippen LogP contribution is -2.77. The molecular weight excluding hydrogens is 358 g/mol. The van der Waals surface area contributed by atoms with Gasteiger partial charge in [-0.05, 0) is 50.6 Å². The van der Waals surface area contributed by atoms with Gasteiger partial charge >= 0.3 is 0 Å². The van der Waals surface area contributed by atoms with Gasteiger partial charge in [-0.15, -0.1) is 0 Å². The van der Waals surface area contributed by atoms with E-state index in [1.54, 1.807) is 0 Å². The fourth-order valence-electron chi connectivity index (χ4n) is 4.22. The summed E-state index contributed by atoms with van der Waals surface area (Å²) >= 11 is 0. The number of benzene rings is 2. The smallest absolute Gasteiger partial charge is 0.159 e. The van der Waals surface area contributed by atoms with Crippen LogP contribution in [0.3, 0.4) is 0 Å².